The number of rotatable bonds is 7. The fourth-order valence-corrected chi connectivity index (χ4v) is 1.67. The van der Waals surface area contributed by atoms with Crippen LogP contribution in [0.4, 0.5) is 0 Å². The first-order valence-corrected chi connectivity index (χ1v) is 5.46. The molecule has 0 aromatic carbocycles. The van der Waals surface area contributed by atoms with Gasteiger partial charge >= 0.3 is 7.12 Å². The average Bonchev–Trinajstić information content (AvgIpc) is 2.03. The maximum Gasteiger partial charge on any atom is 0.455 e. The predicted molar refractivity (Wildman–Crippen MR) is 58.9 cm³/mol. The zero-order valence-electron chi connectivity index (χ0n) is 9.48. The van der Waals surface area contributed by atoms with Crippen molar-refractivity contribution in [1.82, 2.24) is 0 Å². The largest absolute Gasteiger partial charge is 0.455 e. The zero-order valence-corrected chi connectivity index (χ0v) is 9.48. The van der Waals surface area contributed by atoms with Crippen molar-refractivity contribution in [2.75, 3.05) is 6.61 Å². The molecule has 84 valence electrons. The van der Waals surface area contributed by atoms with Gasteiger partial charge in [0.15, 0.2) is 0 Å². The fourth-order valence-electron chi connectivity index (χ4n) is 1.67. The van der Waals surface area contributed by atoms with Gasteiger partial charge in [0.2, 0.25) is 0 Å². The third-order valence-corrected chi connectivity index (χ3v) is 2.78. The lowest BCUT2D eigenvalue weighted by Crippen LogP contribution is -2.26. The van der Waals surface area contributed by atoms with Crippen molar-refractivity contribution in [2.24, 2.45) is 11.8 Å². The maximum absolute atomic E-state index is 9.20. The van der Waals surface area contributed by atoms with E-state index >= 15 is 0 Å². The SMILES string of the molecule is CC(C)CCC(B(O)O)C(C)CCO. The van der Waals surface area contributed by atoms with E-state index in [1.54, 1.807) is 0 Å². The molecule has 0 radical (unpaired) electrons. The first-order valence-electron chi connectivity index (χ1n) is 5.46. The lowest BCUT2D eigenvalue weighted by molar-refractivity contribution is 0.243. The third kappa shape index (κ3) is 5.63. The van der Waals surface area contributed by atoms with Gasteiger partial charge in [-0.1, -0.05) is 33.6 Å². The molecule has 4 heteroatoms. The molecular formula is C10H23BO3. The number of aliphatic hydroxyl groups excluding tert-OH is 1. The van der Waals surface area contributed by atoms with E-state index in [-0.39, 0.29) is 18.3 Å². The maximum atomic E-state index is 9.20. The first kappa shape index (κ1) is 13.9. The highest BCUT2D eigenvalue weighted by Crippen LogP contribution is 2.29. The second-order valence-corrected chi connectivity index (χ2v) is 4.54. The molecule has 14 heavy (non-hydrogen) atoms. The average molecular weight is 202 g/mol. The summed E-state index contributed by atoms with van der Waals surface area (Å²) in [6.07, 6.45) is 2.45. The van der Waals surface area contributed by atoms with Gasteiger partial charge in [-0.05, 0) is 24.1 Å². The standard InChI is InChI=1S/C10H23BO3/c1-8(2)4-5-10(11(13)14)9(3)6-7-12/h8-10,12-14H,4-7H2,1-3H3. The van der Waals surface area contributed by atoms with Gasteiger partial charge in [-0.15, -0.1) is 0 Å². The van der Waals surface area contributed by atoms with Crippen LogP contribution in [0, 0.1) is 11.8 Å². The molecule has 0 fully saturated rings. The molecule has 3 N–H and O–H groups in total. The van der Waals surface area contributed by atoms with Crippen LogP contribution >= 0.6 is 0 Å². The normalized spacial score (nSPS) is 15.6. The van der Waals surface area contributed by atoms with Crippen LogP contribution in [-0.2, 0) is 0 Å². The summed E-state index contributed by atoms with van der Waals surface area (Å²) in [6.45, 7) is 6.32. The van der Waals surface area contributed by atoms with Crippen LogP contribution in [0.3, 0.4) is 0 Å². The number of hydrogen-bond acceptors (Lipinski definition) is 3. The van der Waals surface area contributed by atoms with Gasteiger partial charge in [-0.25, -0.2) is 0 Å². The Bertz CT molecular complexity index is 139. The van der Waals surface area contributed by atoms with Gasteiger partial charge < -0.3 is 15.2 Å². The summed E-state index contributed by atoms with van der Waals surface area (Å²) >= 11 is 0. The Hall–Kier alpha value is -0.0551. The summed E-state index contributed by atoms with van der Waals surface area (Å²) in [5.74, 6) is 0.640. The van der Waals surface area contributed by atoms with E-state index in [2.05, 4.69) is 13.8 Å². The molecular weight excluding hydrogens is 179 g/mol. The van der Waals surface area contributed by atoms with Gasteiger partial charge in [0.1, 0.15) is 0 Å². The zero-order chi connectivity index (χ0) is 11.1. The van der Waals surface area contributed by atoms with Crippen molar-refractivity contribution in [3.8, 4) is 0 Å². The van der Waals surface area contributed by atoms with Gasteiger partial charge in [-0.2, -0.15) is 0 Å². The third-order valence-electron chi connectivity index (χ3n) is 2.78. The lowest BCUT2D eigenvalue weighted by Gasteiger charge is -2.23. The summed E-state index contributed by atoms with van der Waals surface area (Å²) in [5.41, 5.74) is 0. The highest BCUT2D eigenvalue weighted by atomic mass is 16.4. The van der Waals surface area contributed by atoms with E-state index in [0.29, 0.717) is 12.3 Å². The van der Waals surface area contributed by atoms with Gasteiger partial charge in [-0.3, -0.25) is 0 Å². The summed E-state index contributed by atoms with van der Waals surface area (Å²) in [6, 6.07) is 0. The van der Waals surface area contributed by atoms with Crippen molar-refractivity contribution in [1.29, 1.82) is 0 Å². The molecule has 0 bridgehead atoms. The summed E-state index contributed by atoms with van der Waals surface area (Å²) in [5, 5.41) is 27.2. The van der Waals surface area contributed by atoms with E-state index in [4.69, 9.17) is 5.11 Å². The molecule has 0 saturated heterocycles. The molecule has 0 aliphatic carbocycles. The summed E-state index contributed by atoms with van der Waals surface area (Å²) in [4.78, 5) is 0. The van der Waals surface area contributed by atoms with E-state index in [0.717, 1.165) is 12.8 Å². The van der Waals surface area contributed by atoms with Crippen LogP contribution in [0.15, 0.2) is 0 Å². The van der Waals surface area contributed by atoms with Gasteiger partial charge in [0, 0.05) is 6.61 Å². The highest BCUT2D eigenvalue weighted by molar-refractivity contribution is 6.43. The van der Waals surface area contributed by atoms with Crippen LogP contribution in [0.5, 0.6) is 0 Å². The minimum Gasteiger partial charge on any atom is -0.427 e. The predicted octanol–water partition coefficient (Wildman–Crippen LogP) is 1.28. The second kappa shape index (κ2) is 7.26. The minimum atomic E-state index is -1.25. The Morgan fingerprint density at radius 3 is 1.93 bits per heavy atom. The van der Waals surface area contributed by atoms with Crippen LogP contribution in [0.1, 0.15) is 40.0 Å². The highest BCUT2D eigenvalue weighted by Gasteiger charge is 2.28. The summed E-state index contributed by atoms with van der Waals surface area (Å²) < 4.78 is 0. The van der Waals surface area contributed by atoms with E-state index in [1.165, 1.54) is 0 Å². The summed E-state index contributed by atoms with van der Waals surface area (Å²) in [7, 11) is -1.25. The Kier molecular flexibility index (Phi) is 7.24. The Balaban J connectivity index is 4.00. The molecule has 0 aliphatic heterocycles. The molecule has 0 spiro atoms. The van der Waals surface area contributed by atoms with Crippen molar-refractivity contribution >= 4 is 7.12 Å². The van der Waals surface area contributed by atoms with Crippen LogP contribution < -0.4 is 0 Å². The van der Waals surface area contributed by atoms with Crippen molar-refractivity contribution in [2.45, 2.75) is 45.9 Å². The fraction of sp³-hybridized carbons (Fsp3) is 1.00. The topological polar surface area (TPSA) is 60.7 Å². The lowest BCUT2D eigenvalue weighted by atomic mass is 9.63. The molecule has 3 nitrogen and oxygen atoms in total. The van der Waals surface area contributed by atoms with Crippen LogP contribution in [-0.4, -0.2) is 28.9 Å². The monoisotopic (exact) mass is 202 g/mol. The van der Waals surface area contributed by atoms with Crippen molar-refractivity contribution in [3.05, 3.63) is 0 Å². The molecule has 0 aliphatic rings. The number of hydrogen-bond donors (Lipinski definition) is 3. The molecule has 0 amide bonds. The molecule has 0 aromatic heterocycles. The molecule has 0 saturated carbocycles. The van der Waals surface area contributed by atoms with E-state index in [9.17, 15) is 10.0 Å². The van der Waals surface area contributed by atoms with Crippen molar-refractivity contribution in [3.63, 3.8) is 0 Å². The van der Waals surface area contributed by atoms with E-state index in [1.807, 2.05) is 6.92 Å². The molecule has 0 heterocycles. The van der Waals surface area contributed by atoms with E-state index < -0.39 is 7.12 Å². The van der Waals surface area contributed by atoms with Crippen LogP contribution in [0.2, 0.25) is 5.82 Å². The molecule has 2 atom stereocenters. The van der Waals surface area contributed by atoms with Crippen LogP contribution in [0.25, 0.3) is 0 Å². The number of aliphatic hydroxyl groups is 1. The Labute approximate surface area is 87.3 Å². The van der Waals surface area contributed by atoms with Gasteiger partial charge in [0.05, 0.1) is 0 Å². The molecule has 2 unspecified atom stereocenters. The van der Waals surface area contributed by atoms with Gasteiger partial charge in [0.25, 0.3) is 0 Å². The molecule has 0 rings (SSSR count). The Morgan fingerprint density at radius 1 is 1.00 bits per heavy atom. The quantitative estimate of drug-likeness (QED) is 0.545. The second-order valence-electron chi connectivity index (χ2n) is 4.54. The minimum absolute atomic E-state index is 0.107. The molecule has 0 aromatic rings. The first-order chi connectivity index (χ1) is 6.49. The van der Waals surface area contributed by atoms with Crippen molar-refractivity contribution < 1.29 is 15.2 Å². The smallest absolute Gasteiger partial charge is 0.427 e. The Morgan fingerprint density at radius 2 is 1.57 bits per heavy atom.